The van der Waals surface area contributed by atoms with Crippen molar-refractivity contribution < 1.29 is 8.42 Å². The molecule has 2 rings (SSSR count). The van der Waals surface area contributed by atoms with E-state index in [1.807, 2.05) is 0 Å². The van der Waals surface area contributed by atoms with E-state index >= 15 is 0 Å². The fourth-order valence-electron chi connectivity index (χ4n) is 1.42. The Labute approximate surface area is 115 Å². The molecule has 0 bridgehead atoms. The lowest BCUT2D eigenvalue weighted by atomic mass is 10.2. The first-order valence-electron chi connectivity index (χ1n) is 5.24. The van der Waals surface area contributed by atoms with Gasteiger partial charge in [0.15, 0.2) is 5.82 Å². The van der Waals surface area contributed by atoms with Gasteiger partial charge in [-0.05, 0) is 24.6 Å². The van der Waals surface area contributed by atoms with E-state index in [4.69, 9.17) is 17.3 Å². The molecule has 19 heavy (non-hydrogen) atoms. The summed E-state index contributed by atoms with van der Waals surface area (Å²) in [5.41, 5.74) is 6.76. The third-order valence-electron chi connectivity index (χ3n) is 2.41. The first-order valence-corrected chi connectivity index (χ1v) is 7.11. The molecule has 8 heteroatoms. The van der Waals surface area contributed by atoms with Crippen molar-refractivity contribution in [3.63, 3.8) is 0 Å². The number of aryl methyl sites for hydroxylation is 1. The minimum absolute atomic E-state index is 0.0945. The highest BCUT2D eigenvalue weighted by atomic mass is 35.5. The molecule has 0 saturated heterocycles. The Morgan fingerprint density at radius 2 is 2.05 bits per heavy atom. The van der Waals surface area contributed by atoms with Gasteiger partial charge in [0.2, 0.25) is 0 Å². The predicted octanol–water partition coefficient (Wildman–Crippen LogP) is 1.82. The molecule has 3 N–H and O–H groups in total. The van der Waals surface area contributed by atoms with Gasteiger partial charge in [-0.3, -0.25) is 9.71 Å². The van der Waals surface area contributed by atoms with Crippen molar-refractivity contribution in [1.82, 2.24) is 9.97 Å². The maximum absolute atomic E-state index is 12.2. The van der Waals surface area contributed by atoms with Crippen molar-refractivity contribution >= 4 is 33.1 Å². The van der Waals surface area contributed by atoms with Gasteiger partial charge in [0.05, 0.1) is 11.2 Å². The molecule has 0 atom stereocenters. The summed E-state index contributed by atoms with van der Waals surface area (Å²) in [6, 6.07) is 2.82. The van der Waals surface area contributed by atoms with Crippen LogP contribution in [0.4, 0.5) is 11.5 Å². The highest BCUT2D eigenvalue weighted by molar-refractivity contribution is 7.92. The van der Waals surface area contributed by atoms with Crippen LogP contribution < -0.4 is 10.5 Å². The van der Waals surface area contributed by atoms with Crippen LogP contribution in [0.25, 0.3) is 0 Å². The Morgan fingerprint density at radius 3 is 2.68 bits per heavy atom. The maximum atomic E-state index is 12.2. The molecule has 0 spiro atoms. The van der Waals surface area contributed by atoms with Gasteiger partial charge in [-0.25, -0.2) is 13.4 Å². The van der Waals surface area contributed by atoms with Gasteiger partial charge in [0.25, 0.3) is 10.0 Å². The molecule has 0 aliphatic carbocycles. The van der Waals surface area contributed by atoms with Crippen molar-refractivity contribution in [3.8, 4) is 0 Å². The summed E-state index contributed by atoms with van der Waals surface area (Å²) in [4.78, 5) is 7.51. The molecule has 1 aromatic heterocycles. The van der Waals surface area contributed by atoms with Gasteiger partial charge in [-0.2, -0.15) is 0 Å². The number of anilines is 2. The predicted molar refractivity (Wildman–Crippen MR) is 73.4 cm³/mol. The Bertz CT molecular complexity index is 704. The molecule has 0 aliphatic heterocycles. The van der Waals surface area contributed by atoms with Crippen molar-refractivity contribution in [2.45, 2.75) is 11.8 Å². The average Bonchev–Trinajstić information content (AvgIpc) is 2.34. The molecule has 0 aliphatic rings. The van der Waals surface area contributed by atoms with Gasteiger partial charge in [-0.1, -0.05) is 11.6 Å². The summed E-state index contributed by atoms with van der Waals surface area (Å²) in [5, 5.41) is 0.100. The molecule has 0 amide bonds. The Morgan fingerprint density at radius 1 is 1.32 bits per heavy atom. The van der Waals surface area contributed by atoms with Crippen LogP contribution in [0.5, 0.6) is 0 Å². The molecular weight excluding hydrogens is 288 g/mol. The largest absolute Gasteiger partial charge is 0.398 e. The van der Waals surface area contributed by atoms with Crippen LogP contribution in [0.1, 0.15) is 5.56 Å². The summed E-state index contributed by atoms with van der Waals surface area (Å²) in [6.45, 7) is 1.74. The van der Waals surface area contributed by atoms with Crippen LogP contribution >= 0.6 is 11.6 Å². The molecule has 0 radical (unpaired) electrons. The Balaban J connectivity index is 2.43. The van der Waals surface area contributed by atoms with Gasteiger partial charge in [0, 0.05) is 18.1 Å². The van der Waals surface area contributed by atoms with Crippen LogP contribution in [-0.2, 0) is 10.0 Å². The van der Waals surface area contributed by atoms with Crippen molar-refractivity contribution in [2.75, 3.05) is 10.5 Å². The van der Waals surface area contributed by atoms with Crippen molar-refractivity contribution in [1.29, 1.82) is 0 Å². The molecule has 100 valence electrons. The highest BCUT2D eigenvalue weighted by Gasteiger charge is 2.19. The number of nitrogens with one attached hydrogen (secondary N) is 1. The second kappa shape index (κ2) is 5.02. The number of nitrogens with zero attached hydrogens (tertiary/aromatic N) is 2. The molecule has 2 aromatic rings. The zero-order valence-electron chi connectivity index (χ0n) is 9.96. The van der Waals surface area contributed by atoms with Crippen LogP contribution in [0, 0.1) is 6.92 Å². The number of nitrogen functional groups attached to an aromatic ring is 1. The lowest BCUT2D eigenvalue weighted by Crippen LogP contribution is -2.15. The summed E-state index contributed by atoms with van der Waals surface area (Å²) >= 11 is 5.94. The monoisotopic (exact) mass is 298 g/mol. The lowest BCUT2D eigenvalue weighted by Gasteiger charge is -2.10. The van der Waals surface area contributed by atoms with Crippen LogP contribution in [-0.4, -0.2) is 18.4 Å². The molecule has 0 unspecified atom stereocenters. The van der Waals surface area contributed by atoms with Crippen LogP contribution in [0.3, 0.4) is 0 Å². The maximum Gasteiger partial charge on any atom is 0.264 e. The zero-order valence-corrected chi connectivity index (χ0v) is 11.5. The SMILES string of the molecule is Cc1cc(Cl)c(S(=O)(=O)Nc2cnccn2)cc1N. The summed E-state index contributed by atoms with van der Waals surface area (Å²) in [5.74, 6) is 0.109. The smallest absolute Gasteiger partial charge is 0.264 e. The molecule has 1 heterocycles. The average molecular weight is 299 g/mol. The van der Waals surface area contributed by atoms with E-state index in [0.29, 0.717) is 11.3 Å². The minimum atomic E-state index is -3.85. The minimum Gasteiger partial charge on any atom is -0.398 e. The standard InChI is InChI=1S/C11H11ClN4O2S/c1-7-4-8(12)10(5-9(7)13)19(17,18)16-11-6-14-2-3-15-11/h2-6H,13H2,1H3,(H,15,16). The van der Waals surface area contributed by atoms with Crippen molar-refractivity contribution in [3.05, 3.63) is 41.3 Å². The number of benzene rings is 1. The first-order chi connectivity index (χ1) is 8.90. The third kappa shape index (κ3) is 2.94. The van der Waals surface area contributed by atoms with E-state index in [2.05, 4.69) is 14.7 Å². The molecule has 6 nitrogen and oxygen atoms in total. The number of hydrogen-bond acceptors (Lipinski definition) is 5. The number of sulfonamides is 1. The van der Waals surface area contributed by atoms with E-state index in [0.717, 1.165) is 0 Å². The highest BCUT2D eigenvalue weighted by Crippen LogP contribution is 2.27. The van der Waals surface area contributed by atoms with E-state index < -0.39 is 10.0 Å². The van der Waals surface area contributed by atoms with E-state index in [1.165, 1.54) is 30.7 Å². The lowest BCUT2D eigenvalue weighted by molar-refractivity contribution is 0.601. The fourth-order valence-corrected chi connectivity index (χ4v) is 3.03. The second-order valence-corrected chi connectivity index (χ2v) is 5.89. The van der Waals surface area contributed by atoms with Gasteiger partial charge < -0.3 is 5.73 Å². The fraction of sp³-hybridized carbons (Fsp3) is 0.0909. The van der Waals surface area contributed by atoms with Gasteiger partial charge in [0.1, 0.15) is 4.90 Å². The number of halogens is 1. The summed E-state index contributed by atoms with van der Waals surface area (Å²) < 4.78 is 26.6. The summed E-state index contributed by atoms with van der Waals surface area (Å²) in [7, 11) is -3.85. The quantitative estimate of drug-likeness (QED) is 0.842. The molecule has 0 saturated carbocycles. The van der Waals surface area contributed by atoms with E-state index in [9.17, 15) is 8.42 Å². The molecule has 0 fully saturated rings. The number of aromatic nitrogens is 2. The van der Waals surface area contributed by atoms with Crippen molar-refractivity contribution in [2.24, 2.45) is 0 Å². The normalized spacial score (nSPS) is 11.3. The number of rotatable bonds is 3. The second-order valence-electron chi connectivity index (χ2n) is 3.84. The van der Waals surface area contributed by atoms with Gasteiger partial charge in [-0.15, -0.1) is 0 Å². The molecule has 1 aromatic carbocycles. The topological polar surface area (TPSA) is 98.0 Å². The third-order valence-corrected chi connectivity index (χ3v) is 4.23. The number of nitrogens with two attached hydrogens (primary N) is 1. The van der Waals surface area contributed by atoms with Crippen LogP contribution in [0.15, 0.2) is 35.6 Å². The Hall–Kier alpha value is -1.86. The molecular formula is C11H11ClN4O2S. The zero-order chi connectivity index (χ0) is 14.0. The van der Waals surface area contributed by atoms with Crippen LogP contribution in [0.2, 0.25) is 5.02 Å². The summed E-state index contributed by atoms with van der Waals surface area (Å²) in [6.07, 6.45) is 4.11. The number of hydrogen-bond donors (Lipinski definition) is 2. The Kier molecular flexibility index (Phi) is 3.59. The van der Waals surface area contributed by atoms with E-state index in [1.54, 1.807) is 6.92 Å². The van der Waals surface area contributed by atoms with Gasteiger partial charge >= 0.3 is 0 Å². The first kappa shape index (κ1) is 13.6. The van der Waals surface area contributed by atoms with E-state index in [-0.39, 0.29) is 15.7 Å².